The van der Waals surface area contributed by atoms with Crippen LogP contribution in [0.4, 0.5) is 0 Å². The van der Waals surface area contributed by atoms with Crippen LogP contribution in [-0.4, -0.2) is 57.6 Å². The van der Waals surface area contributed by atoms with E-state index in [0.717, 1.165) is 0 Å². The minimum absolute atomic E-state index is 0.366. The van der Waals surface area contributed by atoms with Crippen molar-refractivity contribution in [2.75, 3.05) is 6.61 Å². The molecule has 0 spiro atoms. The third-order valence-corrected chi connectivity index (χ3v) is 2.13. The topological polar surface area (TPSA) is 90.2 Å². The van der Waals surface area contributed by atoms with Crippen LogP contribution in [0.2, 0.25) is 0 Å². The molecule has 5 nitrogen and oxygen atoms in total. The highest BCUT2D eigenvalue weighted by Gasteiger charge is 2.41. The second kappa shape index (κ2) is 7.14. The summed E-state index contributed by atoms with van der Waals surface area (Å²) in [6, 6.07) is 0. The Kier molecular flexibility index (Phi) is 7.04. The molecule has 0 saturated carbocycles. The van der Waals surface area contributed by atoms with Gasteiger partial charge in [-0.15, -0.1) is 0 Å². The number of rotatable bonds is 1. The lowest BCUT2D eigenvalue weighted by molar-refractivity contribution is -0.224. The van der Waals surface area contributed by atoms with E-state index in [4.69, 9.17) is 9.84 Å². The summed E-state index contributed by atoms with van der Waals surface area (Å²) in [4.78, 5) is 0. The molecule has 0 amide bonds. The number of hydrogen-bond donors (Lipinski definition) is 4. The third-order valence-electron chi connectivity index (χ3n) is 2.13. The van der Waals surface area contributed by atoms with Crippen LogP contribution in [0.5, 0.6) is 0 Å². The van der Waals surface area contributed by atoms with Gasteiger partial charge >= 0.3 is 0 Å². The average Bonchev–Trinajstić information content (AvgIpc) is 2.21. The summed E-state index contributed by atoms with van der Waals surface area (Å²) in [5.41, 5.74) is 0. The lowest BCUT2D eigenvalue weighted by Crippen LogP contribution is -2.57. The van der Waals surface area contributed by atoms with E-state index in [2.05, 4.69) is 13.8 Å². The molecule has 1 saturated heterocycles. The van der Waals surface area contributed by atoms with Gasteiger partial charge in [0.25, 0.3) is 0 Å². The van der Waals surface area contributed by atoms with E-state index in [1.165, 1.54) is 6.42 Å². The average molecular weight is 222 g/mol. The Morgan fingerprint density at radius 3 is 1.87 bits per heavy atom. The highest BCUT2D eigenvalue weighted by atomic mass is 16.5. The quantitative estimate of drug-likeness (QED) is 0.469. The van der Waals surface area contributed by atoms with Crippen molar-refractivity contribution in [1.29, 1.82) is 0 Å². The predicted molar refractivity (Wildman–Crippen MR) is 55.4 cm³/mol. The van der Waals surface area contributed by atoms with Crippen molar-refractivity contribution in [3.8, 4) is 0 Å². The van der Waals surface area contributed by atoms with Crippen LogP contribution in [0.1, 0.15) is 27.2 Å². The molecule has 0 bridgehead atoms. The van der Waals surface area contributed by atoms with Crippen LogP contribution >= 0.6 is 0 Å². The fourth-order valence-electron chi connectivity index (χ4n) is 1.29. The second-order valence-corrected chi connectivity index (χ2v) is 3.74. The maximum Gasteiger partial charge on any atom is 0.111 e. The first-order valence-corrected chi connectivity index (χ1v) is 5.30. The van der Waals surface area contributed by atoms with E-state index in [1.807, 2.05) is 0 Å². The van der Waals surface area contributed by atoms with Gasteiger partial charge in [-0.25, -0.2) is 0 Å². The van der Waals surface area contributed by atoms with E-state index >= 15 is 0 Å². The van der Waals surface area contributed by atoms with Crippen LogP contribution in [-0.2, 0) is 4.74 Å². The molecule has 15 heavy (non-hydrogen) atoms. The van der Waals surface area contributed by atoms with Gasteiger partial charge in [-0.2, -0.15) is 0 Å². The van der Waals surface area contributed by atoms with Gasteiger partial charge in [-0.3, -0.25) is 0 Å². The zero-order valence-corrected chi connectivity index (χ0v) is 9.50. The minimum atomic E-state index is -1.24. The molecule has 0 unspecified atom stereocenters. The fraction of sp³-hybridized carbons (Fsp3) is 1.00. The van der Waals surface area contributed by atoms with Crippen molar-refractivity contribution >= 4 is 0 Å². The summed E-state index contributed by atoms with van der Waals surface area (Å²) in [5.74, 6) is 0. The molecule has 0 aromatic heterocycles. The summed E-state index contributed by atoms with van der Waals surface area (Å²) in [5, 5.41) is 36.4. The molecule has 92 valence electrons. The smallest absolute Gasteiger partial charge is 0.111 e. The van der Waals surface area contributed by atoms with Gasteiger partial charge in [-0.1, -0.05) is 20.3 Å². The Morgan fingerprint density at radius 2 is 1.47 bits per heavy atom. The molecule has 5 heteroatoms. The molecule has 0 aliphatic carbocycles. The van der Waals surface area contributed by atoms with Crippen molar-refractivity contribution in [3.05, 3.63) is 0 Å². The van der Waals surface area contributed by atoms with Crippen molar-refractivity contribution in [2.45, 2.75) is 57.7 Å². The summed E-state index contributed by atoms with van der Waals surface area (Å²) in [6.45, 7) is 5.46. The van der Waals surface area contributed by atoms with E-state index < -0.39 is 30.5 Å². The number of aliphatic hydroxyl groups excluding tert-OH is 4. The molecule has 1 aliphatic rings. The third kappa shape index (κ3) is 4.04. The molecule has 1 aliphatic heterocycles. The minimum Gasteiger partial charge on any atom is -0.394 e. The lowest BCUT2D eigenvalue weighted by atomic mass is 9.96. The van der Waals surface area contributed by atoms with Crippen LogP contribution in [0.25, 0.3) is 0 Å². The molecular weight excluding hydrogens is 200 g/mol. The van der Waals surface area contributed by atoms with Crippen LogP contribution in [0.15, 0.2) is 0 Å². The Labute approximate surface area is 90.3 Å². The molecule has 0 aromatic rings. The van der Waals surface area contributed by atoms with Gasteiger partial charge in [0.15, 0.2) is 0 Å². The van der Waals surface area contributed by atoms with Crippen LogP contribution < -0.4 is 0 Å². The summed E-state index contributed by atoms with van der Waals surface area (Å²) in [6.07, 6.45) is -3.69. The van der Waals surface area contributed by atoms with Crippen LogP contribution in [0, 0.1) is 0 Å². The number of aliphatic hydroxyl groups is 4. The molecule has 1 heterocycles. The van der Waals surface area contributed by atoms with Crippen molar-refractivity contribution in [1.82, 2.24) is 0 Å². The van der Waals surface area contributed by atoms with E-state index in [9.17, 15) is 15.3 Å². The Balaban J connectivity index is 0.000000583. The highest BCUT2D eigenvalue weighted by Crippen LogP contribution is 2.20. The first kappa shape index (κ1) is 14.8. The molecule has 1 fully saturated rings. The Hall–Kier alpha value is -0.200. The van der Waals surface area contributed by atoms with Gasteiger partial charge < -0.3 is 25.2 Å². The number of ether oxygens (including phenoxy) is 1. The lowest BCUT2D eigenvalue weighted by Gasteiger charge is -2.38. The summed E-state index contributed by atoms with van der Waals surface area (Å²) in [7, 11) is 0. The number of hydrogen-bond acceptors (Lipinski definition) is 5. The monoisotopic (exact) mass is 222 g/mol. The zero-order valence-electron chi connectivity index (χ0n) is 9.50. The Morgan fingerprint density at radius 1 is 1.00 bits per heavy atom. The van der Waals surface area contributed by atoms with Crippen LogP contribution in [0.3, 0.4) is 0 Å². The molecule has 1 rings (SSSR count). The normalized spacial score (nSPS) is 40.6. The van der Waals surface area contributed by atoms with Crippen molar-refractivity contribution in [3.63, 3.8) is 0 Å². The molecule has 4 N–H and O–H groups in total. The van der Waals surface area contributed by atoms with Gasteiger partial charge in [0, 0.05) is 0 Å². The summed E-state index contributed by atoms with van der Waals surface area (Å²) >= 11 is 0. The van der Waals surface area contributed by atoms with Gasteiger partial charge in [0.2, 0.25) is 0 Å². The highest BCUT2D eigenvalue weighted by molar-refractivity contribution is 4.89. The maximum absolute atomic E-state index is 9.23. The maximum atomic E-state index is 9.23. The van der Waals surface area contributed by atoms with Gasteiger partial charge in [-0.05, 0) is 6.92 Å². The first-order chi connectivity index (χ1) is 6.99. The molecule has 5 atom stereocenters. The largest absolute Gasteiger partial charge is 0.394 e. The fourth-order valence-corrected chi connectivity index (χ4v) is 1.29. The Bertz CT molecular complexity index is 159. The summed E-state index contributed by atoms with van der Waals surface area (Å²) < 4.78 is 5.02. The van der Waals surface area contributed by atoms with E-state index in [1.54, 1.807) is 6.92 Å². The first-order valence-electron chi connectivity index (χ1n) is 5.30. The van der Waals surface area contributed by atoms with Crippen molar-refractivity contribution in [2.24, 2.45) is 0 Å². The van der Waals surface area contributed by atoms with E-state index in [0.29, 0.717) is 0 Å². The van der Waals surface area contributed by atoms with Crippen molar-refractivity contribution < 1.29 is 25.2 Å². The zero-order chi connectivity index (χ0) is 12.0. The SMILES string of the molecule is CCC.C[C@@H]1O[C@H](CO)[C@H](O)[C@H](O)[C@H]1O. The molecule has 0 radical (unpaired) electrons. The van der Waals surface area contributed by atoms with E-state index in [-0.39, 0.29) is 6.61 Å². The second-order valence-electron chi connectivity index (χ2n) is 3.74. The predicted octanol–water partition coefficient (Wildman–Crippen LogP) is -0.735. The standard InChI is InChI=1S/C7H14O5.C3H8/c1-3-5(9)7(11)6(10)4(2-8)12-3;1-3-2/h3-11H,2H2,1H3;3H2,1-2H3/t3-,4+,5-,6-,7+;/m0./s1. The molecule has 0 aromatic carbocycles. The molecular formula is C10H22O5. The van der Waals surface area contributed by atoms with Gasteiger partial charge in [0.05, 0.1) is 12.7 Å². The van der Waals surface area contributed by atoms with Gasteiger partial charge in [0.1, 0.15) is 24.4 Å².